The van der Waals surface area contributed by atoms with Crippen LogP contribution in [0.1, 0.15) is 19.3 Å². The molecule has 0 spiro atoms. The molecule has 0 aromatic carbocycles. The van der Waals surface area contributed by atoms with E-state index in [1.54, 1.807) is 0 Å². The van der Waals surface area contributed by atoms with Crippen molar-refractivity contribution in [3.8, 4) is 0 Å². The minimum atomic E-state index is -2.78. The third-order valence-electron chi connectivity index (χ3n) is 3.13. The van der Waals surface area contributed by atoms with Crippen LogP contribution in [0.15, 0.2) is 5.10 Å². The Balaban J connectivity index is 2.05. The number of hydrogen-bond acceptors (Lipinski definition) is 4. The van der Waals surface area contributed by atoms with Crippen molar-refractivity contribution in [2.45, 2.75) is 25.3 Å². The van der Waals surface area contributed by atoms with Crippen LogP contribution in [0.4, 0.5) is 0 Å². The lowest BCUT2D eigenvalue weighted by molar-refractivity contribution is 0.207. The first-order chi connectivity index (χ1) is 6.58. The van der Waals surface area contributed by atoms with Crippen molar-refractivity contribution in [3.63, 3.8) is 0 Å². The Hall–Kier alpha value is -0.580. The number of sulfone groups is 1. The van der Waals surface area contributed by atoms with Gasteiger partial charge in [0.15, 0.2) is 9.84 Å². The maximum absolute atomic E-state index is 11.5. The van der Waals surface area contributed by atoms with Gasteiger partial charge in [-0.2, -0.15) is 5.10 Å². The van der Waals surface area contributed by atoms with Crippen LogP contribution in [0.25, 0.3) is 0 Å². The second-order valence-electron chi connectivity index (χ2n) is 4.19. The van der Waals surface area contributed by atoms with Gasteiger partial charge in [-0.15, -0.1) is 0 Å². The quantitative estimate of drug-likeness (QED) is 0.641. The summed E-state index contributed by atoms with van der Waals surface area (Å²) in [5.74, 6) is 1.01. The largest absolute Gasteiger partial charge is 0.297 e. The van der Waals surface area contributed by atoms with E-state index in [-0.39, 0.29) is 5.92 Å². The smallest absolute Gasteiger partial charge is 0.150 e. The van der Waals surface area contributed by atoms with E-state index in [2.05, 4.69) is 5.10 Å². The minimum absolute atomic E-state index is 0.279. The number of hydrogen-bond donors (Lipinski definition) is 0. The van der Waals surface area contributed by atoms with Gasteiger partial charge in [0, 0.05) is 19.7 Å². The SMILES string of the molecule is CN1N=CCC1C1CCCS(=O)(=O)C1. The van der Waals surface area contributed by atoms with Gasteiger partial charge < -0.3 is 0 Å². The molecule has 0 aromatic heterocycles. The Morgan fingerprint density at radius 1 is 1.50 bits per heavy atom. The van der Waals surface area contributed by atoms with E-state index in [0.717, 1.165) is 19.3 Å². The highest BCUT2D eigenvalue weighted by Crippen LogP contribution is 2.27. The van der Waals surface area contributed by atoms with E-state index in [9.17, 15) is 8.42 Å². The summed E-state index contributed by atoms with van der Waals surface area (Å²) in [5, 5.41) is 6.06. The fraction of sp³-hybridized carbons (Fsp3) is 0.889. The topological polar surface area (TPSA) is 49.7 Å². The predicted octanol–water partition coefficient (Wildman–Crippen LogP) is 0.501. The van der Waals surface area contributed by atoms with Crippen LogP contribution in [0.3, 0.4) is 0 Å². The van der Waals surface area contributed by atoms with Crippen molar-refractivity contribution in [1.82, 2.24) is 5.01 Å². The maximum Gasteiger partial charge on any atom is 0.150 e. The standard InChI is InChI=1S/C9H16N2O2S/c1-11-9(4-5-10-11)8-3-2-6-14(12,13)7-8/h5,8-9H,2-4,6-7H2,1H3. The summed E-state index contributed by atoms with van der Waals surface area (Å²) in [6.45, 7) is 0. The van der Waals surface area contributed by atoms with E-state index >= 15 is 0 Å². The van der Waals surface area contributed by atoms with Crippen LogP contribution in [0, 0.1) is 5.92 Å². The molecule has 2 unspecified atom stereocenters. The highest BCUT2D eigenvalue weighted by atomic mass is 32.2. The highest BCUT2D eigenvalue weighted by molar-refractivity contribution is 7.91. The van der Waals surface area contributed by atoms with Gasteiger partial charge >= 0.3 is 0 Å². The van der Waals surface area contributed by atoms with Gasteiger partial charge in [-0.3, -0.25) is 5.01 Å². The summed E-state index contributed by atoms with van der Waals surface area (Å²) < 4.78 is 22.9. The van der Waals surface area contributed by atoms with Gasteiger partial charge in [0.25, 0.3) is 0 Å². The molecule has 80 valence electrons. The van der Waals surface area contributed by atoms with E-state index in [1.807, 2.05) is 18.3 Å². The van der Waals surface area contributed by atoms with E-state index in [0.29, 0.717) is 17.5 Å². The van der Waals surface area contributed by atoms with Gasteiger partial charge in [0.05, 0.1) is 17.5 Å². The van der Waals surface area contributed by atoms with E-state index in [1.165, 1.54) is 0 Å². The maximum atomic E-state index is 11.5. The lowest BCUT2D eigenvalue weighted by Gasteiger charge is -2.30. The molecule has 2 rings (SSSR count). The van der Waals surface area contributed by atoms with Gasteiger partial charge in [0.2, 0.25) is 0 Å². The predicted molar refractivity (Wildman–Crippen MR) is 56.0 cm³/mol. The number of rotatable bonds is 1. The lowest BCUT2D eigenvalue weighted by Crippen LogP contribution is -2.38. The fourth-order valence-corrected chi connectivity index (χ4v) is 4.20. The van der Waals surface area contributed by atoms with Crippen molar-refractivity contribution in [2.75, 3.05) is 18.6 Å². The third-order valence-corrected chi connectivity index (χ3v) is 4.98. The monoisotopic (exact) mass is 216 g/mol. The first-order valence-corrected chi connectivity index (χ1v) is 6.86. The first kappa shape index (κ1) is 9.96. The van der Waals surface area contributed by atoms with Crippen molar-refractivity contribution in [2.24, 2.45) is 11.0 Å². The Bertz CT molecular complexity index is 337. The molecular formula is C9H16N2O2S. The van der Waals surface area contributed by atoms with Crippen molar-refractivity contribution < 1.29 is 8.42 Å². The molecule has 4 nitrogen and oxygen atoms in total. The molecule has 0 saturated carbocycles. The zero-order chi connectivity index (χ0) is 10.2. The van der Waals surface area contributed by atoms with E-state index < -0.39 is 9.84 Å². The molecule has 2 aliphatic heterocycles. The van der Waals surface area contributed by atoms with Crippen molar-refractivity contribution in [3.05, 3.63) is 0 Å². The summed E-state index contributed by atoms with van der Waals surface area (Å²) in [7, 11) is -0.849. The van der Waals surface area contributed by atoms with E-state index in [4.69, 9.17) is 0 Å². The molecule has 0 aliphatic carbocycles. The molecule has 0 bridgehead atoms. The normalized spacial score (nSPS) is 36.2. The second kappa shape index (κ2) is 3.53. The molecule has 0 radical (unpaired) electrons. The zero-order valence-electron chi connectivity index (χ0n) is 8.39. The summed E-state index contributed by atoms with van der Waals surface area (Å²) in [4.78, 5) is 0. The molecule has 0 aromatic rings. The molecule has 1 saturated heterocycles. The van der Waals surface area contributed by atoms with Crippen LogP contribution in [-0.4, -0.2) is 44.2 Å². The van der Waals surface area contributed by atoms with Crippen LogP contribution in [0.5, 0.6) is 0 Å². The van der Waals surface area contributed by atoms with Gasteiger partial charge in [0.1, 0.15) is 0 Å². The molecule has 0 N–H and O–H groups in total. The molecular weight excluding hydrogens is 200 g/mol. The minimum Gasteiger partial charge on any atom is -0.297 e. The molecule has 14 heavy (non-hydrogen) atoms. The molecule has 5 heteroatoms. The Morgan fingerprint density at radius 3 is 2.86 bits per heavy atom. The molecule has 1 fully saturated rings. The van der Waals surface area contributed by atoms with Crippen LogP contribution >= 0.6 is 0 Å². The number of nitrogens with zero attached hydrogens (tertiary/aromatic N) is 2. The van der Waals surface area contributed by atoms with Gasteiger partial charge in [-0.05, 0) is 18.8 Å². The fourth-order valence-electron chi connectivity index (χ4n) is 2.38. The zero-order valence-corrected chi connectivity index (χ0v) is 9.20. The van der Waals surface area contributed by atoms with Crippen molar-refractivity contribution >= 4 is 16.1 Å². The van der Waals surface area contributed by atoms with Crippen LogP contribution in [-0.2, 0) is 9.84 Å². The van der Waals surface area contributed by atoms with Gasteiger partial charge in [-0.1, -0.05) is 0 Å². The lowest BCUT2D eigenvalue weighted by atomic mass is 9.94. The average molecular weight is 216 g/mol. The Labute approximate surface area is 84.9 Å². The van der Waals surface area contributed by atoms with Crippen LogP contribution < -0.4 is 0 Å². The van der Waals surface area contributed by atoms with Gasteiger partial charge in [-0.25, -0.2) is 8.42 Å². The van der Waals surface area contributed by atoms with Crippen LogP contribution in [0.2, 0.25) is 0 Å². The third kappa shape index (κ3) is 1.92. The summed E-state index contributed by atoms with van der Waals surface area (Å²) in [5.41, 5.74) is 0. The number of hydrazone groups is 1. The molecule has 2 heterocycles. The average Bonchev–Trinajstić information content (AvgIpc) is 2.49. The molecule has 0 amide bonds. The second-order valence-corrected chi connectivity index (χ2v) is 6.42. The Kier molecular flexibility index (Phi) is 2.51. The molecule has 2 aliphatic rings. The first-order valence-electron chi connectivity index (χ1n) is 5.04. The summed E-state index contributed by atoms with van der Waals surface area (Å²) in [6, 6.07) is 0.310. The molecule has 2 atom stereocenters. The van der Waals surface area contributed by atoms with Crippen molar-refractivity contribution in [1.29, 1.82) is 0 Å². The Morgan fingerprint density at radius 2 is 2.29 bits per heavy atom. The summed E-state index contributed by atoms with van der Waals surface area (Å²) in [6.07, 6.45) is 4.62. The summed E-state index contributed by atoms with van der Waals surface area (Å²) >= 11 is 0. The highest BCUT2D eigenvalue weighted by Gasteiger charge is 2.33.